The van der Waals surface area contributed by atoms with Gasteiger partial charge in [0.25, 0.3) is 0 Å². The van der Waals surface area contributed by atoms with E-state index in [2.05, 4.69) is 0 Å². The van der Waals surface area contributed by atoms with Gasteiger partial charge in [0, 0.05) is 11.4 Å². The predicted octanol–water partition coefficient (Wildman–Crippen LogP) is 2.37. The molecule has 1 heterocycles. The van der Waals surface area contributed by atoms with Crippen molar-refractivity contribution in [3.8, 4) is 11.5 Å². The first-order valence-electron chi connectivity index (χ1n) is 6.57. The lowest BCUT2D eigenvalue weighted by Gasteiger charge is -2.15. The number of Topliss-reactive ketones (excluding diaryl/α,β-unsaturated/α-hetero) is 1. The number of ether oxygens (including phenoxy) is 1. The lowest BCUT2D eigenvalue weighted by molar-refractivity contribution is -0.121. The Bertz CT molecular complexity index is 678. The quantitative estimate of drug-likeness (QED) is 0.693. The van der Waals surface area contributed by atoms with Crippen LogP contribution in [0.2, 0.25) is 0 Å². The molecule has 1 saturated heterocycles. The smallest absolute Gasteiger partial charge is 0.234 e. The number of hydrogen-bond acceptors (Lipinski definition) is 4. The Labute approximate surface area is 121 Å². The molecule has 5 heteroatoms. The molecule has 0 atom stereocenters. The van der Waals surface area contributed by atoms with Crippen molar-refractivity contribution in [2.45, 2.75) is 6.42 Å². The molecule has 0 spiro atoms. The topological polar surface area (TPSA) is 72.6 Å². The Hall–Kier alpha value is -2.82. The van der Waals surface area contributed by atoms with Crippen LogP contribution in [-0.4, -0.2) is 18.2 Å². The molecule has 0 aromatic heterocycles. The molecule has 2 aromatic rings. The van der Waals surface area contributed by atoms with Gasteiger partial charge in [-0.05, 0) is 48.5 Å². The van der Waals surface area contributed by atoms with E-state index >= 15 is 0 Å². The van der Waals surface area contributed by atoms with Crippen LogP contribution in [-0.2, 0) is 9.59 Å². The summed E-state index contributed by atoms with van der Waals surface area (Å²) in [5, 5.41) is 0. The number of rotatable bonds is 3. The van der Waals surface area contributed by atoms with E-state index in [1.54, 1.807) is 48.5 Å². The van der Waals surface area contributed by atoms with Crippen molar-refractivity contribution < 1.29 is 14.3 Å². The van der Waals surface area contributed by atoms with E-state index in [-0.39, 0.29) is 24.7 Å². The zero-order valence-electron chi connectivity index (χ0n) is 11.3. The van der Waals surface area contributed by atoms with Gasteiger partial charge in [0.05, 0.1) is 13.0 Å². The van der Waals surface area contributed by atoms with Gasteiger partial charge in [0.15, 0.2) is 5.78 Å². The van der Waals surface area contributed by atoms with Crippen molar-refractivity contribution >= 4 is 23.1 Å². The second kappa shape index (κ2) is 5.28. The fourth-order valence-corrected chi connectivity index (χ4v) is 2.19. The Morgan fingerprint density at radius 3 is 2.00 bits per heavy atom. The predicted molar refractivity (Wildman–Crippen MR) is 79.3 cm³/mol. The van der Waals surface area contributed by atoms with Crippen LogP contribution in [0.25, 0.3) is 0 Å². The number of carbonyl (C=O) groups is 2. The number of carbonyl (C=O) groups excluding carboxylic acids is 2. The van der Waals surface area contributed by atoms with Gasteiger partial charge in [-0.15, -0.1) is 0 Å². The first-order chi connectivity index (χ1) is 10.1. The van der Waals surface area contributed by atoms with Crippen molar-refractivity contribution in [2.24, 2.45) is 0 Å². The lowest BCUT2D eigenvalue weighted by atomic mass is 10.2. The highest BCUT2D eigenvalue weighted by atomic mass is 16.5. The van der Waals surface area contributed by atoms with E-state index in [9.17, 15) is 9.59 Å². The second-order valence-electron chi connectivity index (χ2n) is 4.86. The number of ketones is 1. The Morgan fingerprint density at radius 1 is 0.905 bits per heavy atom. The van der Waals surface area contributed by atoms with Gasteiger partial charge < -0.3 is 15.4 Å². The summed E-state index contributed by atoms with van der Waals surface area (Å²) in [7, 11) is 0. The van der Waals surface area contributed by atoms with Crippen LogP contribution in [0.4, 0.5) is 11.4 Å². The third-order valence-corrected chi connectivity index (χ3v) is 3.25. The van der Waals surface area contributed by atoms with Gasteiger partial charge in [-0.3, -0.25) is 9.59 Å². The van der Waals surface area contributed by atoms with Crippen LogP contribution >= 0.6 is 0 Å². The number of anilines is 2. The number of nitrogen functional groups attached to an aromatic ring is 1. The summed E-state index contributed by atoms with van der Waals surface area (Å²) in [5.41, 5.74) is 6.99. The summed E-state index contributed by atoms with van der Waals surface area (Å²) in [6.07, 6.45) is -0.0102. The maximum atomic E-state index is 11.7. The van der Waals surface area contributed by atoms with Crippen LogP contribution in [0, 0.1) is 0 Å². The van der Waals surface area contributed by atoms with Gasteiger partial charge in [0.2, 0.25) is 5.91 Å². The molecule has 0 radical (unpaired) electrons. The normalized spacial score (nSPS) is 14.6. The van der Waals surface area contributed by atoms with E-state index in [1.165, 1.54) is 4.90 Å². The first kappa shape index (κ1) is 13.2. The molecular formula is C16H14N2O3. The molecule has 2 N–H and O–H groups in total. The SMILES string of the molecule is Nc1ccc(Oc2ccc(N3CC(=O)CC3=O)cc2)cc1. The molecule has 0 unspecified atom stereocenters. The number of amides is 1. The van der Waals surface area contributed by atoms with E-state index in [0.29, 0.717) is 22.9 Å². The fraction of sp³-hybridized carbons (Fsp3) is 0.125. The maximum absolute atomic E-state index is 11.7. The summed E-state index contributed by atoms with van der Waals surface area (Å²) < 4.78 is 5.67. The lowest BCUT2D eigenvalue weighted by Crippen LogP contribution is -2.24. The van der Waals surface area contributed by atoms with Gasteiger partial charge in [-0.2, -0.15) is 0 Å². The Morgan fingerprint density at radius 2 is 1.48 bits per heavy atom. The molecule has 1 fully saturated rings. The largest absolute Gasteiger partial charge is 0.457 e. The molecule has 106 valence electrons. The third kappa shape index (κ3) is 2.86. The highest BCUT2D eigenvalue weighted by Gasteiger charge is 2.28. The van der Waals surface area contributed by atoms with Crippen molar-refractivity contribution in [3.63, 3.8) is 0 Å². The molecule has 0 aliphatic carbocycles. The standard InChI is InChI=1S/C16H14N2O3/c17-11-1-5-14(6-2-11)21-15-7-3-12(4-8-15)18-10-13(19)9-16(18)20/h1-8H,9-10,17H2. The second-order valence-corrected chi connectivity index (χ2v) is 4.86. The van der Waals surface area contributed by atoms with Gasteiger partial charge >= 0.3 is 0 Å². The van der Waals surface area contributed by atoms with E-state index in [4.69, 9.17) is 10.5 Å². The van der Waals surface area contributed by atoms with Crippen molar-refractivity contribution in [1.29, 1.82) is 0 Å². The van der Waals surface area contributed by atoms with Crippen molar-refractivity contribution in [2.75, 3.05) is 17.2 Å². The zero-order valence-corrected chi connectivity index (χ0v) is 11.3. The van der Waals surface area contributed by atoms with Crippen LogP contribution < -0.4 is 15.4 Å². The minimum atomic E-state index is -0.160. The molecule has 1 aliphatic rings. The molecule has 0 bridgehead atoms. The van der Waals surface area contributed by atoms with Gasteiger partial charge in [0.1, 0.15) is 11.5 Å². The van der Waals surface area contributed by atoms with Crippen molar-refractivity contribution in [1.82, 2.24) is 0 Å². The summed E-state index contributed by atoms with van der Waals surface area (Å²) in [5.74, 6) is 1.13. The van der Waals surface area contributed by atoms with E-state index in [1.807, 2.05) is 0 Å². The average Bonchev–Trinajstić information content (AvgIpc) is 2.81. The summed E-state index contributed by atoms with van der Waals surface area (Å²) in [6, 6.07) is 14.2. The minimum absolute atomic E-state index is 0.0102. The molecule has 1 amide bonds. The van der Waals surface area contributed by atoms with Crippen LogP contribution in [0.3, 0.4) is 0 Å². The van der Waals surface area contributed by atoms with Crippen LogP contribution in [0.5, 0.6) is 11.5 Å². The molecule has 2 aromatic carbocycles. The van der Waals surface area contributed by atoms with Crippen molar-refractivity contribution in [3.05, 3.63) is 48.5 Å². The fourth-order valence-electron chi connectivity index (χ4n) is 2.19. The van der Waals surface area contributed by atoms with Crippen LogP contribution in [0.1, 0.15) is 6.42 Å². The monoisotopic (exact) mass is 282 g/mol. The van der Waals surface area contributed by atoms with E-state index in [0.717, 1.165) is 0 Å². The number of nitrogens with two attached hydrogens (primary N) is 1. The molecule has 3 rings (SSSR count). The number of benzene rings is 2. The zero-order chi connectivity index (χ0) is 14.8. The molecule has 5 nitrogen and oxygen atoms in total. The Kier molecular flexibility index (Phi) is 3.31. The Balaban J connectivity index is 1.73. The van der Waals surface area contributed by atoms with Gasteiger partial charge in [-0.25, -0.2) is 0 Å². The molecule has 1 aliphatic heterocycles. The number of hydrogen-bond donors (Lipinski definition) is 1. The molecular weight excluding hydrogens is 268 g/mol. The number of nitrogens with zero attached hydrogens (tertiary/aromatic N) is 1. The molecule has 0 saturated carbocycles. The highest BCUT2D eigenvalue weighted by Crippen LogP contribution is 2.26. The average molecular weight is 282 g/mol. The third-order valence-electron chi connectivity index (χ3n) is 3.25. The summed E-state index contributed by atoms with van der Waals surface area (Å²) in [6.45, 7) is 0.150. The van der Waals surface area contributed by atoms with E-state index < -0.39 is 0 Å². The van der Waals surface area contributed by atoms with Crippen LogP contribution in [0.15, 0.2) is 48.5 Å². The highest BCUT2D eigenvalue weighted by molar-refractivity contribution is 6.15. The van der Waals surface area contributed by atoms with Gasteiger partial charge in [-0.1, -0.05) is 0 Å². The first-order valence-corrected chi connectivity index (χ1v) is 6.57. The summed E-state index contributed by atoms with van der Waals surface area (Å²) >= 11 is 0. The summed E-state index contributed by atoms with van der Waals surface area (Å²) in [4.78, 5) is 24.4. The maximum Gasteiger partial charge on any atom is 0.234 e. The minimum Gasteiger partial charge on any atom is -0.457 e. The molecule has 21 heavy (non-hydrogen) atoms.